The molecule has 5 aliphatic rings. The highest BCUT2D eigenvalue weighted by Crippen LogP contribution is 2.65. The van der Waals surface area contributed by atoms with Crippen LogP contribution in [-0.4, -0.2) is 23.4 Å². The van der Waals surface area contributed by atoms with E-state index in [0.29, 0.717) is 16.9 Å². The molecule has 2 bridgehead atoms. The Balaban J connectivity index is 1.36. The number of carbonyl (C=O) groups excluding carboxylic acids is 2. The summed E-state index contributed by atoms with van der Waals surface area (Å²) < 4.78 is 0. The number of nitrogens with one attached hydrogen (secondary N) is 1. The molecule has 1 aromatic rings. The van der Waals surface area contributed by atoms with Crippen molar-refractivity contribution in [3.05, 3.63) is 41.4 Å². The predicted molar refractivity (Wildman–Crippen MR) is 86.5 cm³/mol. The van der Waals surface area contributed by atoms with Gasteiger partial charge in [-0.2, -0.15) is 0 Å². The maximum absolute atomic E-state index is 12.8. The summed E-state index contributed by atoms with van der Waals surface area (Å²) in [6.45, 7) is 0.237. The van der Waals surface area contributed by atoms with E-state index >= 15 is 0 Å². The minimum absolute atomic E-state index is 0.00571. The minimum Gasteiger partial charge on any atom is -0.367 e. The van der Waals surface area contributed by atoms with Crippen LogP contribution in [0.4, 0.5) is 5.69 Å². The molecule has 2 saturated carbocycles. The van der Waals surface area contributed by atoms with Gasteiger partial charge >= 0.3 is 0 Å². The molecule has 1 heterocycles. The summed E-state index contributed by atoms with van der Waals surface area (Å²) in [6.07, 6.45) is 5.58. The maximum atomic E-state index is 12.8. The number of hydrogen-bond acceptors (Lipinski definition) is 3. The molecule has 0 unspecified atom stereocenters. The summed E-state index contributed by atoms with van der Waals surface area (Å²) in [5.41, 5.74) is 0.855. The first-order chi connectivity index (χ1) is 11.1. The second-order valence-corrected chi connectivity index (χ2v) is 7.54. The lowest BCUT2D eigenvalue weighted by Crippen LogP contribution is -2.40. The van der Waals surface area contributed by atoms with Crippen LogP contribution in [0.15, 0.2) is 36.4 Å². The lowest BCUT2D eigenvalue weighted by molar-refractivity contribution is -0.139. The summed E-state index contributed by atoms with van der Waals surface area (Å²) in [7, 11) is 0. The molecular weight excluding hydrogens is 312 g/mol. The average Bonchev–Trinajstić information content (AvgIpc) is 3.33. The number of imide groups is 1. The van der Waals surface area contributed by atoms with Crippen LogP contribution in [0.2, 0.25) is 5.02 Å². The van der Waals surface area contributed by atoms with Gasteiger partial charge in [0.25, 0.3) is 0 Å². The van der Waals surface area contributed by atoms with Crippen LogP contribution in [0.5, 0.6) is 0 Å². The molecule has 118 valence electrons. The van der Waals surface area contributed by atoms with Gasteiger partial charge in [0.2, 0.25) is 11.8 Å². The monoisotopic (exact) mass is 328 g/mol. The largest absolute Gasteiger partial charge is 0.367 e. The van der Waals surface area contributed by atoms with Crippen LogP contribution in [-0.2, 0) is 9.59 Å². The molecule has 6 rings (SSSR count). The van der Waals surface area contributed by atoms with Gasteiger partial charge in [0.05, 0.1) is 18.5 Å². The number of benzene rings is 1. The molecular formula is C18H17ClN2O2. The number of rotatable bonds is 3. The minimum atomic E-state index is -0.117. The maximum Gasteiger partial charge on any atom is 0.235 e. The molecule has 1 aliphatic heterocycles. The fourth-order valence-corrected chi connectivity index (χ4v) is 5.04. The molecule has 4 nitrogen and oxygen atoms in total. The van der Waals surface area contributed by atoms with Gasteiger partial charge in [-0.05, 0) is 54.4 Å². The van der Waals surface area contributed by atoms with E-state index in [1.807, 2.05) is 12.1 Å². The van der Waals surface area contributed by atoms with Crippen molar-refractivity contribution in [3.8, 4) is 0 Å². The third kappa shape index (κ3) is 1.84. The Kier molecular flexibility index (Phi) is 2.72. The van der Waals surface area contributed by atoms with E-state index in [1.54, 1.807) is 12.1 Å². The van der Waals surface area contributed by atoms with Gasteiger partial charge < -0.3 is 5.32 Å². The molecule has 1 saturated heterocycles. The van der Waals surface area contributed by atoms with E-state index in [9.17, 15) is 9.59 Å². The van der Waals surface area contributed by atoms with Gasteiger partial charge in [0, 0.05) is 10.7 Å². The highest BCUT2D eigenvalue weighted by atomic mass is 35.5. The van der Waals surface area contributed by atoms with Crippen molar-refractivity contribution in [2.24, 2.45) is 35.5 Å². The Hall–Kier alpha value is -1.81. The van der Waals surface area contributed by atoms with Crippen LogP contribution >= 0.6 is 11.6 Å². The summed E-state index contributed by atoms with van der Waals surface area (Å²) in [5.74, 6) is 1.64. The van der Waals surface area contributed by atoms with Gasteiger partial charge in [-0.1, -0.05) is 23.8 Å². The zero-order valence-corrected chi connectivity index (χ0v) is 13.2. The van der Waals surface area contributed by atoms with Gasteiger partial charge in [-0.15, -0.1) is 0 Å². The standard InChI is InChI=1S/C18H17ClN2O2/c19-9-1-3-10(4-2-9)20-8-21-17(22)15-11-5-6-12(14-7-13(11)14)16(15)18(21)23/h1-6,11-16,20H,7-8H2/t11-,12-,13-,14-,15+,16+/m1/s1. The van der Waals surface area contributed by atoms with E-state index in [0.717, 1.165) is 5.69 Å². The molecule has 23 heavy (non-hydrogen) atoms. The van der Waals surface area contributed by atoms with Crippen LogP contribution in [0.25, 0.3) is 0 Å². The molecule has 3 fully saturated rings. The first kappa shape index (κ1) is 13.6. The highest BCUT2D eigenvalue weighted by Gasteiger charge is 2.66. The van der Waals surface area contributed by atoms with Gasteiger partial charge in [-0.25, -0.2) is 0 Å². The number of allylic oxidation sites excluding steroid dienone is 2. The molecule has 0 spiro atoms. The van der Waals surface area contributed by atoms with Gasteiger partial charge in [-0.3, -0.25) is 14.5 Å². The Morgan fingerprint density at radius 2 is 1.57 bits per heavy atom. The molecule has 6 atom stereocenters. The number of anilines is 1. The summed E-state index contributed by atoms with van der Waals surface area (Å²) in [5, 5.41) is 3.83. The third-order valence-corrected chi connectivity index (χ3v) is 6.29. The van der Waals surface area contributed by atoms with E-state index in [2.05, 4.69) is 17.5 Å². The Morgan fingerprint density at radius 3 is 2.13 bits per heavy atom. The van der Waals surface area contributed by atoms with Crippen LogP contribution in [0.1, 0.15) is 6.42 Å². The second-order valence-electron chi connectivity index (χ2n) is 7.10. The molecule has 1 aromatic carbocycles. The fourth-order valence-electron chi connectivity index (χ4n) is 4.91. The predicted octanol–water partition coefficient (Wildman–Crippen LogP) is 2.76. The molecule has 2 amide bonds. The van der Waals surface area contributed by atoms with E-state index in [1.165, 1.54) is 11.3 Å². The average molecular weight is 329 g/mol. The lowest BCUT2D eigenvalue weighted by Gasteiger charge is -2.37. The smallest absolute Gasteiger partial charge is 0.235 e. The van der Waals surface area contributed by atoms with E-state index < -0.39 is 0 Å². The van der Waals surface area contributed by atoms with Gasteiger partial charge in [0.1, 0.15) is 0 Å². The van der Waals surface area contributed by atoms with Crippen LogP contribution in [0.3, 0.4) is 0 Å². The molecule has 0 radical (unpaired) electrons. The van der Waals surface area contributed by atoms with Crippen molar-refractivity contribution in [2.45, 2.75) is 6.42 Å². The Morgan fingerprint density at radius 1 is 1.00 bits per heavy atom. The van der Waals surface area contributed by atoms with Crippen LogP contribution in [0, 0.1) is 35.5 Å². The number of nitrogens with zero attached hydrogens (tertiary/aromatic N) is 1. The van der Waals surface area contributed by atoms with Crippen molar-refractivity contribution in [2.75, 3.05) is 12.0 Å². The van der Waals surface area contributed by atoms with E-state index in [4.69, 9.17) is 11.6 Å². The number of carbonyl (C=O) groups is 2. The number of hydrogen-bond donors (Lipinski definition) is 1. The molecule has 1 N–H and O–H groups in total. The normalized spacial score (nSPS) is 39.4. The lowest BCUT2D eigenvalue weighted by atomic mass is 9.63. The topological polar surface area (TPSA) is 49.4 Å². The number of amides is 2. The Bertz CT molecular complexity index is 693. The van der Waals surface area contributed by atoms with Crippen molar-refractivity contribution in [1.29, 1.82) is 0 Å². The zero-order valence-electron chi connectivity index (χ0n) is 12.5. The van der Waals surface area contributed by atoms with Gasteiger partial charge in [0.15, 0.2) is 0 Å². The van der Waals surface area contributed by atoms with Crippen molar-refractivity contribution < 1.29 is 9.59 Å². The SMILES string of the molecule is O=C1[C@H]2[C@@H]3C=C[C@H]([C@H]4C[C@H]34)[C@@H]2C(=O)N1CNc1ccc(Cl)cc1. The third-order valence-electron chi connectivity index (χ3n) is 6.04. The summed E-state index contributed by atoms with van der Waals surface area (Å²) >= 11 is 5.87. The first-order valence-electron chi connectivity index (χ1n) is 8.18. The van der Waals surface area contributed by atoms with E-state index in [-0.39, 0.29) is 42.2 Å². The van der Waals surface area contributed by atoms with Crippen molar-refractivity contribution in [1.82, 2.24) is 4.90 Å². The Labute approximate surface area is 139 Å². The fraction of sp³-hybridized carbons (Fsp3) is 0.444. The number of halogens is 1. The van der Waals surface area contributed by atoms with Crippen molar-refractivity contribution in [3.63, 3.8) is 0 Å². The molecule has 0 aromatic heterocycles. The second kappa shape index (κ2) is 4.60. The number of likely N-dealkylation sites (tertiary alicyclic amines) is 1. The highest BCUT2D eigenvalue weighted by molar-refractivity contribution is 6.30. The first-order valence-corrected chi connectivity index (χ1v) is 8.56. The molecule has 5 heteroatoms. The summed E-state index contributed by atoms with van der Waals surface area (Å²) in [4.78, 5) is 27.0. The summed E-state index contributed by atoms with van der Waals surface area (Å²) in [6, 6.07) is 7.27. The quantitative estimate of drug-likeness (QED) is 0.685. The zero-order chi connectivity index (χ0) is 15.7. The molecule has 4 aliphatic carbocycles. The van der Waals surface area contributed by atoms with Crippen molar-refractivity contribution >= 4 is 29.1 Å². The van der Waals surface area contributed by atoms with Crippen LogP contribution < -0.4 is 5.32 Å².